The Morgan fingerprint density at radius 2 is 1.90 bits per heavy atom. The van der Waals surface area contributed by atoms with Crippen molar-refractivity contribution in [2.24, 2.45) is 0 Å². The van der Waals surface area contributed by atoms with E-state index in [2.05, 4.69) is 11.0 Å². The van der Waals surface area contributed by atoms with E-state index in [1.807, 2.05) is 42.5 Å². The van der Waals surface area contributed by atoms with Gasteiger partial charge in [-0.2, -0.15) is 0 Å². The van der Waals surface area contributed by atoms with Gasteiger partial charge in [0.15, 0.2) is 23.2 Å². The second-order valence-electron chi connectivity index (χ2n) is 11.1. The van der Waals surface area contributed by atoms with E-state index in [4.69, 9.17) is 23.7 Å². The minimum atomic E-state index is -2.07. The van der Waals surface area contributed by atoms with E-state index < -0.39 is 35.6 Å². The van der Waals surface area contributed by atoms with Crippen LogP contribution in [-0.2, 0) is 36.6 Å². The van der Waals surface area contributed by atoms with Crippen LogP contribution < -0.4 is 9.47 Å². The Morgan fingerprint density at radius 3 is 2.65 bits per heavy atom. The van der Waals surface area contributed by atoms with Crippen LogP contribution in [0.2, 0.25) is 0 Å². The van der Waals surface area contributed by atoms with Crippen LogP contribution in [0.25, 0.3) is 0 Å². The van der Waals surface area contributed by atoms with E-state index in [-0.39, 0.29) is 19.1 Å². The van der Waals surface area contributed by atoms with Gasteiger partial charge in [-0.25, -0.2) is 4.79 Å². The Kier molecular flexibility index (Phi) is 6.96. The van der Waals surface area contributed by atoms with Crippen LogP contribution in [0.4, 0.5) is 0 Å². The molecular weight excluding hydrogens is 514 g/mol. The third-order valence-corrected chi connectivity index (χ3v) is 8.91. The fraction of sp³-hybridized carbons (Fsp3) is 0.484. The molecule has 9 heteroatoms. The lowest BCUT2D eigenvalue weighted by atomic mass is 9.77. The Morgan fingerprint density at radius 1 is 1.12 bits per heavy atom. The number of hydrogen-bond donors (Lipinski definition) is 1. The van der Waals surface area contributed by atoms with Gasteiger partial charge in [-0.3, -0.25) is 9.69 Å². The van der Waals surface area contributed by atoms with E-state index in [0.717, 1.165) is 54.8 Å². The summed E-state index contributed by atoms with van der Waals surface area (Å²) in [5.74, 6) is 0.0926. The molecule has 3 heterocycles. The highest BCUT2D eigenvalue weighted by molar-refractivity contribution is 5.86. The lowest BCUT2D eigenvalue weighted by Crippen LogP contribution is -2.49. The van der Waals surface area contributed by atoms with Gasteiger partial charge in [-0.15, -0.1) is 0 Å². The lowest BCUT2D eigenvalue weighted by Gasteiger charge is -2.39. The molecule has 1 aliphatic carbocycles. The van der Waals surface area contributed by atoms with Crippen molar-refractivity contribution >= 4 is 11.9 Å². The fourth-order valence-corrected chi connectivity index (χ4v) is 6.89. The average molecular weight is 550 g/mol. The molecule has 1 N–H and O–H groups in total. The number of hydrogen-bond acceptors (Lipinski definition) is 9. The molecule has 1 fully saturated rings. The first kappa shape index (κ1) is 26.7. The first-order chi connectivity index (χ1) is 19.4. The summed E-state index contributed by atoms with van der Waals surface area (Å²) >= 11 is 0. The summed E-state index contributed by atoms with van der Waals surface area (Å²) in [6.45, 7) is 1.94. The molecule has 40 heavy (non-hydrogen) atoms. The second-order valence-corrected chi connectivity index (χ2v) is 11.1. The zero-order valence-corrected chi connectivity index (χ0v) is 22.9. The normalized spacial score (nSPS) is 26.0. The number of fused-ring (bicyclic) bond motifs is 3. The maximum absolute atomic E-state index is 13.9. The third-order valence-electron chi connectivity index (χ3n) is 8.91. The van der Waals surface area contributed by atoms with Crippen LogP contribution in [0, 0.1) is 0 Å². The minimum absolute atomic E-state index is 0.000898. The van der Waals surface area contributed by atoms with Gasteiger partial charge in [-0.05, 0) is 73.5 Å². The summed E-state index contributed by atoms with van der Waals surface area (Å²) in [6, 6.07) is 13.6. The van der Waals surface area contributed by atoms with Gasteiger partial charge in [-0.1, -0.05) is 30.3 Å². The van der Waals surface area contributed by atoms with Crippen LogP contribution in [0.5, 0.6) is 11.5 Å². The zero-order chi connectivity index (χ0) is 27.9. The lowest BCUT2D eigenvalue weighted by molar-refractivity contribution is -0.178. The summed E-state index contributed by atoms with van der Waals surface area (Å²) in [5, 5.41) is 11.6. The molecule has 0 bridgehead atoms. The Hall–Kier alpha value is -3.56. The minimum Gasteiger partial charge on any atom is -0.497 e. The van der Waals surface area contributed by atoms with Crippen molar-refractivity contribution in [1.29, 1.82) is 0 Å². The number of aryl methyl sites for hydroxylation is 1. The molecule has 0 unspecified atom stereocenters. The van der Waals surface area contributed by atoms with Crippen LogP contribution >= 0.6 is 0 Å². The quantitative estimate of drug-likeness (QED) is 0.497. The largest absolute Gasteiger partial charge is 0.497 e. The topological polar surface area (TPSA) is 104 Å². The fourth-order valence-electron chi connectivity index (χ4n) is 6.89. The number of rotatable bonds is 8. The molecule has 1 saturated heterocycles. The van der Waals surface area contributed by atoms with E-state index >= 15 is 0 Å². The van der Waals surface area contributed by atoms with Gasteiger partial charge in [0, 0.05) is 6.54 Å². The molecular formula is C31H35NO8. The highest BCUT2D eigenvalue weighted by Gasteiger charge is 2.59. The molecule has 2 aromatic rings. The summed E-state index contributed by atoms with van der Waals surface area (Å²) in [7, 11) is 2.81. The molecule has 2 aromatic carbocycles. The highest BCUT2D eigenvalue weighted by Crippen LogP contribution is 2.55. The molecule has 9 nitrogen and oxygen atoms in total. The number of aliphatic hydroxyl groups is 1. The molecule has 4 aliphatic rings. The van der Waals surface area contributed by atoms with Crippen LogP contribution in [0.3, 0.4) is 0 Å². The summed E-state index contributed by atoms with van der Waals surface area (Å²) in [4.78, 5) is 28.7. The van der Waals surface area contributed by atoms with Crippen molar-refractivity contribution in [2.75, 3.05) is 34.1 Å². The van der Waals surface area contributed by atoms with E-state index in [0.29, 0.717) is 17.9 Å². The van der Waals surface area contributed by atoms with E-state index in [1.54, 1.807) is 7.11 Å². The maximum Gasteiger partial charge on any atom is 0.339 e. The first-order valence-electron chi connectivity index (χ1n) is 13.9. The van der Waals surface area contributed by atoms with E-state index in [1.165, 1.54) is 7.11 Å². The molecule has 6 rings (SSSR count). The van der Waals surface area contributed by atoms with Gasteiger partial charge in [0.1, 0.15) is 5.76 Å². The Balaban J connectivity index is 1.36. The van der Waals surface area contributed by atoms with Gasteiger partial charge < -0.3 is 28.8 Å². The average Bonchev–Trinajstić information content (AvgIpc) is 3.66. The highest BCUT2D eigenvalue weighted by atomic mass is 16.7. The van der Waals surface area contributed by atoms with Gasteiger partial charge in [0.05, 0.1) is 32.1 Å². The summed E-state index contributed by atoms with van der Waals surface area (Å²) in [6.07, 6.45) is 3.90. The van der Waals surface area contributed by atoms with Crippen LogP contribution in [0.15, 0.2) is 54.3 Å². The predicted molar refractivity (Wildman–Crippen MR) is 144 cm³/mol. The monoisotopic (exact) mass is 549 g/mol. The SMILES string of the molecule is COC(=O)C[C@](O)(CCc1ccccc1)C(=O)O[C@@H]1C(OC)=C[C@@]23CCCN2CCc2cc4c(cc2[C@H]13)OCO4. The summed E-state index contributed by atoms with van der Waals surface area (Å²) in [5.41, 5.74) is 0.597. The van der Waals surface area contributed by atoms with Crippen molar-refractivity contribution in [1.82, 2.24) is 4.90 Å². The number of nitrogens with zero attached hydrogens (tertiary/aromatic N) is 1. The molecule has 0 aromatic heterocycles. The van der Waals surface area contributed by atoms with Crippen molar-refractivity contribution in [3.05, 3.63) is 71.0 Å². The molecule has 0 radical (unpaired) electrons. The Bertz CT molecular complexity index is 1330. The standard InChI is InChI=1S/C31H35NO8/c1-36-25-17-30-11-6-13-32(30)14-10-21-15-23-24(39-19-38-23)16-22(21)27(30)28(25)40-29(34)31(35,18-26(33)37-2)12-9-20-7-4-3-5-8-20/h3-5,7-8,15-17,27-28,35H,6,9-14,18-19H2,1-2H3/t27-,28-,30-,31-/m1/s1. The number of ether oxygens (including phenoxy) is 5. The van der Waals surface area contributed by atoms with Crippen LogP contribution in [0.1, 0.15) is 48.3 Å². The molecule has 0 saturated carbocycles. The smallest absolute Gasteiger partial charge is 0.339 e. The molecule has 0 amide bonds. The summed E-state index contributed by atoms with van der Waals surface area (Å²) < 4.78 is 28.3. The number of carbonyl (C=O) groups excluding carboxylic acids is 2. The van der Waals surface area contributed by atoms with Crippen LogP contribution in [-0.4, -0.2) is 73.3 Å². The number of carbonyl (C=O) groups is 2. The Labute approximate surface area is 233 Å². The number of esters is 2. The number of methoxy groups -OCH3 is 2. The van der Waals surface area contributed by atoms with E-state index in [9.17, 15) is 14.7 Å². The van der Waals surface area contributed by atoms with Crippen molar-refractivity contribution < 1.29 is 38.4 Å². The predicted octanol–water partition coefficient (Wildman–Crippen LogP) is 3.27. The van der Waals surface area contributed by atoms with Crippen molar-refractivity contribution in [3.8, 4) is 11.5 Å². The van der Waals surface area contributed by atoms with Gasteiger partial charge in [0.25, 0.3) is 0 Å². The van der Waals surface area contributed by atoms with Crippen molar-refractivity contribution in [3.63, 3.8) is 0 Å². The van der Waals surface area contributed by atoms with Crippen molar-refractivity contribution in [2.45, 2.75) is 61.7 Å². The molecule has 3 aliphatic heterocycles. The first-order valence-corrected chi connectivity index (χ1v) is 13.9. The molecule has 4 atom stereocenters. The maximum atomic E-state index is 13.9. The third kappa shape index (κ3) is 4.51. The number of benzene rings is 2. The van der Waals surface area contributed by atoms with Gasteiger partial charge >= 0.3 is 11.9 Å². The molecule has 212 valence electrons. The zero-order valence-electron chi connectivity index (χ0n) is 22.9. The second kappa shape index (κ2) is 10.4. The molecule has 1 spiro atoms. The van der Waals surface area contributed by atoms with Gasteiger partial charge in [0.2, 0.25) is 6.79 Å².